The number of methoxy groups -OCH3 is 3. The molecule has 0 saturated heterocycles. The number of esters is 1. The average Bonchev–Trinajstić information content (AvgIpc) is 2.79. The lowest BCUT2D eigenvalue weighted by atomic mass is 9.92. The number of fused-ring (bicyclic) bond motifs is 1. The monoisotopic (exact) mass is 457 g/mol. The number of carbonyl (C=O) groups excluding carboxylic acids is 2. The van der Waals surface area contributed by atoms with E-state index < -0.39 is 23.7 Å². The van der Waals surface area contributed by atoms with Crippen LogP contribution in [-0.2, 0) is 27.3 Å². The Bertz CT molecular complexity index is 990. The topological polar surface area (TPSA) is 83.5 Å². The Kier molecular flexibility index (Phi) is 7.36. The zero-order chi connectivity index (χ0) is 24.2. The highest BCUT2D eigenvalue weighted by Gasteiger charge is 2.39. The first kappa shape index (κ1) is 24.2. The summed E-state index contributed by atoms with van der Waals surface area (Å²) in [5.41, 5.74) is 1.85. The minimum absolute atomic E-state index is 0.316. The van der Waals surface area contributed by atoms with E-state index in [0.29, 0.717) is 42.4 Å². The first-order chi connectivity index (χ1) is 15.6. The van der Waals surface area contributed by atoms with E-state index in [2.05, 4.69) is 0 Å². The second-order valence-corrected chi connectivity index (χ2v) is 8.72. The van der Waals surface area contributed by atoms with Crippen molar-refractivity contribution in [2.24, 2.45) is 0 Å². The zero-order valence-electron chi connectivity index (χ0n) is 20.0. The van der Waals surface area contributed by atoms with Crippen molar-refractivity contribution in [2.75, 3.05) is 27.9 Å². The van der Waals surface area contributed by atoms with Crippen LogP contribution in [0, 0.1) is 0 Å². The molecule has 3 rings (SSSR count). The van der Waals surface area contributed by atoms with E-state index in [9.17, 15) is 9.59 Å². The zero-order valence-corrected chi connectivity index (χ0v) is 20.0. The summed E-state index contributed by atoms with van der Waals surface area (Å²) in [4.78, 5) is 26.8. The molecule has 1 heterocycles. The summed E-state index contributed by atoms with van der Waals surface area (Å²) in [7, 11) is 4.51. The lowest BCUT2D eigenvalue weighted by Gasteiger charge is -2.36. The molecule has 33 heavy (non-hydrogen) atoms. The Hall–Kier alpha value is -3.42. The van der Waals surface area contributed by atoms with Crippen molar-refractivity contribution in [3.8, 4) is 17.2 Å². The van der Waals surface area contributed by atoms with Crippen molar-refractivity contribution in [3.05, 3.63) is 53.1 Å². The Morgan fingerprint density at radius 1 is 0.970 bits per heavy atom. The molecule has 2 aromatic carbocycles. The third-order valence-corrected chi connectivity index (χ3v) is 5.21. The number of amides is 1. The normalized spacial score (nSPS) is 15.3. The van der Waals surface area contributed by atoms with Crippen LogP contribution in [0.2, 0.25) is 0 Å². The van der Waals surface area contributed by atoms with Gasteiger partial charge in [-0.1, -0.05) is 6.07 Å². The Balaban J connectivity index is 1.81. The van der Waals surface area contributed by atoms with Crippen molar-refractivity contribution in [2.45, 2.75) is 45.4 Å². The largest absolute Gasteiger partial charge is 0.497 e. The number of hydrogen-bond donors (Lipinski definition) is 0. The van der Waals surface area contributed by atoms with E-state index in [-0.39, 0.29) is 0 Å². The maximum atomic E-state index is 12.7. The van der Waals surface area contributed by atoms with E-state index in [1.807, 2.05) is 18.2 Å². The van der Waals surface area contributed by atoms with Crippen LogP contribution >= 0.6 is 0 Å². The van der Waals surface area contributed by atoms with Gasteiger partial charge in [0.15, 0.2) is 6.04 Å². The molecule has 0 bridgehead atoms. The van der Waals surface area contributed by atoms with Gasteiger partial charge >= 0.3 is 12.1 Å². The van der Waals surface area contributed by atoms with Crippen molar-refractivity contribution in [3.63, 3.8) is 0 Å². The van der Waals surface area contributed by atoms with Gasteiger partial charge in [-0.2, -0.15) is 0 Å². The van der Waals surface area contributed by atoms with Crippen molar-refractivity contribution in [1.29, 1.82) is 0 Å². The summed E-state index contributed by atoms with van der Waals surface area (Å²) >= 11 is 0. The van der Waals surface area contributed by atoms with Crippen molar-refractivity contribution >= 4 is 12.1 Å². The van der Waals surface area contributed by atoms with Gasteiger partial charge in [-0.05, 0) is 68.1 Å². The molecule has 1 aliphatic heterocycles. The average molecular weight is 458 g/mol. The molecule has 0 spiro atoms. The third-order valence-electron chi connectivity index (χ3n) is 5.21. The van der Waals surface area contributed by atoms with Crippen molar-refractivity contribution < 1.29 is 33.3 Å². The SMILES string of the molecule is COC(=O)[C@H]1c2ccc(OCc3cc(OC)cc(OC)c3)cc2CCN1C(=O)OC(C)(C)C. The molecule has 178 valence electrons. The molecule has 0 fully saturated rings. The standard InChI is InChI=1S/C25H31NO7/c1-25(2,3)33-24(28)26-10-9-17-13-18(7-8-21(17)22(26)23(27)31-6)32-15-16-11-19(29-4)14-20(12-16)30-5/h7-8,11-14,22H,9-10,15H2,1-6H3/t22-/m1/s1. The van der Waals surface area contributed by atoms with Gasteiger partial charge in [-0.25, -0.2) is 9.59 Å². The molecule has 1 amide bonds. The summed E-state index contributed by atoms with van der Waals surface area (Å²) < 4.78 is 27.1. The lowest BCUT2D eigenvalue weighted by Crippen LogP contribution is -2.46. The maximum absolute atomic E-state index is 12.7. The first-order valence-electron chi connectivity index (χ1n) is 10.7. The van der Waals surface area contributed by atoms with Gasteiger partial charge in [0.05, 0.1) is 21.3 Å². The highest BCUT2D eigenvalue weighted by Crippen LogP contribution is 2.34. The summed E-state index contributed by atoms with van der Waals surface area (Å²) in [6.07, 6.45) is 0.0162. The summed E-state index contributed by atoms with van der Waals surface area (Å²) in [6, 6.07) is 10.2. The second-order valence-electron chi connectivity index (χ2n) is 8.72. The van der Waals surface area contributed by atoms with Crippen LogP contribution in [0.15, 0.2) is 36.4 Å². The molecular weight excluding hydrogens is 426 g/mol. The summed E-state index contributed by atoms with van der Waals surface area (Å²) in [5.74, 6) is 1.51. The van der Waals surface area contributed by atoms with Crippen LogP contribution in [0.1, 0.15) is 43.5 Å². The van der Waals surface area contributed by atoms with Crippen molar-refractivity contribution in [1.82, 2.24) is 4.90 Å². The first-order valence-corrected chi connectivity index (χ1v) is 10.7. The molecule has 1 atom stereocenters. The van der Waals surface area contributed by atoms with Gasteiger partial charge in [-0.3, -0.25) is 4.90 Å². The second kappa shape index (κ2) is 10.0. The van der Waals surface area contributed by atoms with Gasteiger partial charge in [-0.15, -0.1) is 0 Å². The highest BCUT2D eigenvalue weighted by molar-refractivity contribution is 5.84. The molecule has 0 aliphatic carbocycles. The molecule has 0 N–H and O–H groups in total. The molecule has 2 aromatic rings. The number of ether oxygens (including phenoxy) is 5. The number of hydrogen-bond acceptors (Lipinski definition) is 7. The van der Waals surface area contributed by atoms with Crippen LogP contribution in [0.3, 0.4) is 0 Å². The maximum Gasteiger partial charge on any atom is 0.411 e. The Labute approximate surface area is 194 Å². The molecule has 8 nitrogen and oxygen atoms in total. The van der Waals surface area contributed by atoms with Gasteiger partial charge < -0.3 is 23.7 Å². The van der Waals surface area contributed by atoms with Gasteiger partial charge in [0.1, 0.15) is 29.5 Å². The molecule has 1 aliphatic rings. The number of rotatable bonds is 6. The number of carbonyl (C=O) groups is 2. The summed E-state index contributed by atoms with van der Waals surface area (Å²) in [6.45, 7) is 6.02. The Morgan fingerprint density at radius 3 is 2.21 bits per heavy atom. The molecule has 8 heteroatoms. The minimum atomic E-state index is -0.870. The molecule has 0 saturated carbocycles. The quantitative estimate of drug-likeness (QED) is 0.599. The molecule has 0 radical (unpaired) electrons. The third kappa shape index (κ3) is 5.88. The van der Waals surface area contributed by atoms with Crippen LogP contribution in [-0.4, -0.2) is 50.4 Å². The molecule has 0 unspecified atom stereocenters. The van der Waals surface area contributed by atoms with Crippen LogP contribution in [0.5, 0.6) is 17.2 Å². The Morgan fingerprint density at radius 2 is 1.64 bits per heavy atom. The van der Waals surface area contributed by atoms with Crippen LogP contribution < -0.4 is 14.2 Å². The van der Waals surface area contributed by atoms with E-state index in [0.717, 1.165) is 11.1 Å². The molecular formula is C25H31NO7. The fourth-order valence-electron chi connectivity index (χ4n) is 3.69. The summed E-state index contributed by atoms with van der Waals surface area (Å²) in [5, 5.41) is 0. The fraction of sp³-hybridized carbons (Fsp3) is 0.440. The smallest absolute Gasteiger partial charge is 0.411 e. The number of nitrogens with zero attached hydrogens (tertiary/aromatic N) is 1. The van der Waals surface area contributed by atoms with Crippen LogP contribution in [0.25, 0.3) is 0 Å². The highest BCUT2D eigenvalue weighted by atomic mass is 16.6. The molecule has 0 aromatic heterocycles. The van der Waals surface area contributed by atoms with Gasteiger partial charge in [0.2, 0.25) is 0 Å². The van der Waals surface area contributed by atoms with E-state index >= 15 is 0 Å². The fourth-order valence-corrected chi connectivity index (χ4v) is 3.69. The van der Waals surface area contributed by atoms with E-state index in [1.165, 1.54) is 12.0 Å². The van der Waals surface area contributed by atoms with Gasteiger partial charge in [0, 0.05) is 12.6 Å². The van der Waals surface area contributed by atoms with E-state index in [1.54, 1.807) is 53.2 Å². The van der Waals surface area contributed by atoms with Gasteiger partial charge in [0.25, 0.3) is 0 Å². The number of benzene rings is 2. The van der Waals surface area contributed by atoms with Crippen LogP contribution in [0.4, 0.5) is 4.79 Å². The predicted octanol–water partition coefficient (Wildman–Crippen LogP) is 4.29. The van der Waals surface area contributed by atoms with E-state index in [4.69, 9.17) is 23.7 Å². The lowest BCUT2D eigenvalue weighted by molar-refractivity contribution is -0.147. The predicted molar refractivity (Wildman–Crippen MR) is 122 cm³/mol. The minimum Gasteiger partial charge on any atom is -0.497 e.